The molecular weight excluding hydrogens is 288 g/mol. The van der Waals surface area contributed by atoms with Crippen molar-refractivity contribution in [1.82, 2.24) is 0 Å². The molecule has 0 amide bonds. The van der Waals surface area contributed by atoms with Crippen LogP contribution < -0.4 is 0 Å². The number of hydrogen-bond donors (Lipinski definition) is 2. The minimum Gasteiger partial charge on any atom is -0.449 e. The molecule has 6 heteroatoms. The number of ether oxygens (including phenoxy) is 2. The van der Waals surface area contributed by atoms with E-state index in [4.69, 9.17) is 10.2 Å². The first kappa shape index (κ1) is 20.0. The normalized spacial score (nSPS) is 10.0. The third kappa shape index (κ3) is 14.4. The molecule has 0 spiro atoms. The van der Waals surface area contributed by atoms with Crippen LogP contribution in [0.5, 0.6) is 0 Å². The summed E-state index contributed by atoms with van der Waals surface area (Å²) < 4.78 is 8.87. The maximum atomic E-state index is 10.2. The smallest absolute Gasteiger partial charge is 0.449 e. The third-order valence-corrected chi connectivity index (χ3v) is 3.12. The van der Waals surface area contributed by atoms with Crippen molar-refractivity contribution in [2.75, 3.05) is 0 Å². The third-order valence-electron chi connectivity index (χ3n) is 3.12. The zero-order chi connectivity index (χ0) is 16.8. The fourth-order valence-electron chi connectivity index (χ4n) is 2.05. The van der Waals surface area contributed by atoms with E-state index in [0.717, 1.165) is 51.4 Å². The summed E-state index contributed by atoms with van der Waals surface area (Å²) in [5.74, 6) is 0.604. The summed E-state index contributed by atoms with van der Waals surface area (Å²) in [5, 5.41) is 16.8. The van der Waals surface area contributed by atoms with Crippen LogP contribution in [-0.2, 0) is 9.47 Å². The SMILES string of the molecule is C=C(CCCCCCCCCCC(=C)OC(=O)O)OC(=O)O. The van der Waals surface area contributed by atoms with Crippen LogP contribution in [0.3, 0.4) is 0 Å². The average molecular weight is 314 g/mol. The Balaban J connectivity index is 3.27. The molecule has 0 aromatic carbocycles. The molecule has 0 bridgehead atoms. The number of hydrogen-bond acceptors (Lipinski definition) is 4. The van der Waals surface area contributed by atoms with Gasteiger partial charge in [-0.15, -0.1) is 0 Å². The summed E-state index contributed by atoms with van der Waals surface area (Å²) in [7, 11) is 0. The highest BCUT2D eigenvalue weighted by molar-refractivity contribution is 5.58. The van der Waals surface area contributed by atoms with Crippen molar-refractivity contribution in [2.45, 2.75) is 64.2 Å². The van der Waals surface area contributed by atoms with Crippen LogP contribution >= 0.6 is 0 Å². The first-order chi connectivity index (χ1) is 10.4. The van der Waals surface area contributed by atoms with Crippen LogP contribution in [-0.4, -0.2) is 22.5 Å². The fraction of sp³-hybridized carbons (Fsp3) is 0.625. The van der Waals surface area contributed by atoms with Gasteiger partial charge in [0, 0.05) is 12.8 Å². The van der Waals surface area contributed by atoms with Crippen LogP contribution in [0.1, 0.15) is 64.2 Å². The standard InChI is InChI=1S/C16H26O6/c1-13(21-15(17)18)11-9-7-5-3-4-6-8-10-12-14(2)22-16(19)20/h1-12H2,(H,17,18)(H,19,20). The van der Waals surface area contributed by atoms with Gasteiger partial charge in [-0.1, -0.05) is 51.7 Å². The van der Waals surface area contributed by atoms with E-state index < -0.39 is 12.3 Å². The van der Waals surface area contributed by atoms with E-state index in [1.807, 2.05) is 0 Å². The lowest BCUT2D eigenvalue weighted by molar-refractivity contribution is 0.114. The number of allylic oxidation sites excluding steroid dienone is 2. The number of unbranched alkanes of at least 4 members (excludes halogenated alkanes) is 7. The molecular formula is C16H26O6. The molecule has 0 fully saturated rings. The molecule has 0 atom stereocenters. The summed E-state index contributed by atoms with van der Waals surface area (Å²) in [5.41, 5.74) is 0. The molecule has 0 aliphatic carbocycles. The highest BCUT2D eigenvalue weighted by atomic mass is 16.7. The predicted octanol–water partition coefficient (Wildman–Crippen LogP) is 5.30. The molecule has 0 heterocycles. The van der Waals surface area contributed by atoms with Gasteiger partial charge in [0.1, 0.15) is 11.5 Å². The largest absolute Gasteiger partial charge is 0.510 e. The van der Waals surface area contributed by atoms with E-state index >= 15 is 0 Å². The molecule has 6 nitrogen and oxygen atoms in total. The van der Waals surface area contributed by atoms with Crippen LogP contribution in [0.25, 0.3) is 0 Å². The van der Waals surface area contributed by atoms with Gasteiger partial charge in [0.25, 0.3) is 0 Å². The lowest BCUT2D eigenvalue weighted by atomic mass is 10.1. The van der Waals surface area contributed by atoms with Gasteiger partial charge in [-0.2, -0.15) is 0 Å². The van der Waals surface area contributed by atoms with Crippen LogP contribution in [0, 0.1) is 0 Å². The van der Waals surface area contributed by atoms with Gasteiger partial charge in [-0.05, 0) is 12.8 Å². The predicted molar refractivity (Wildman–Crippen MR) is 82.7 cm³/mol. The maximum absolute atomic E-state index is 10.2. The molecule has 0 saturated carbocycles. The van der Waals surface area contributed by atoms with Crippen molar-refractivity contribution in [1.29, 1.82) is 0 Å². The first-order valence-corrected chi connectivity index (χ1v) is 7.59. The summed E-state index contributed by atoms with van der Waals surface area (Å²) >= 11 is 0. The van der Waals surface area contributed by atoms with Crippen molar-refractivity contribution < 1.29 is 29.3 Å². The van der Waals surface area contributed by atoms with Crippen LogP contribution in [0.15, 0.2) is 24.7 Å². The Hall–Kier alpha value is -1.98. The van der Waals surface area contributed by atoms with Gasteiger partial charge in [0.2, 0.25) is 0 Å². The Bertz CT molecular complexity index is 339. The quantitative estimate of drug-likeness (QED) is 0.272. The maximum Gasteiger partial charge on any atom is 0.510 e. The number of carbonyl (C=O) groups is 2. The molecule has 126 valence electrons. The van der Waals surface area contributed by atoms with Crippen LogP contribution in [0.4, 0.5) is 9.59 Å². The zero-order valence-corrected chi connectivity index (χ0v) is 13.0. The Morgan fingerprint density at radius 1 is 0.636 bits per heavy atom. The summed E-state index contributed by atoms with van der Waals surface area (Å²) in [4.78, 5) is 20.5. The van der Waals surface area contributed by atoms with Gasteiger partial charge >= 0.3 is 12.3 Å². The van der Waals surface area contributed by atoms with Gasteiger partial charge in [-0.25, -0.2) is 9.59 Å². The van der Waals surface area contributed by atoms with E-state index in [0.29, 0.717) is 24.4 Å². The minimum atomic E-state index is -1.30. The Kier molecular flexibility index (Phi) is 11.6. The second-order valence-corrected chi connectivity index (χ2v) is 5.14. The van der Waals surface area contributed by atoms with Crippen molar-refractivity contribution in [3.8, 4) is 0 Å². The molecule has 22 heavy (non-hydrogen) atoms. The zero-order valence-electron chi connectivity index (χ0n) is 13.0. The lowest BCUT2D eigenvalue weighted by Crippen LogP contribution is -1.99. The molecule has 0 rings (SSSR count). The minimum absolute atomic E-state index is 0.302. The number of rotatable bonds is 13. The summed E-state index contributed by atoms with van der Waals surface area (Å²) in [6, 6.07) is 0. The average Bonchev–Trinajstić information content (AvgIpc) is 2.39. The summed E-state index contributed by atoms with van der Waals surface area (Å²) in [6.45, 7) is 7.07. The molecule has 0 aromatic heterocycles. The van der Waals surface area contributed by atoms with Gasteiger partial charge < -0.3 is 19.7 Å². The molecule has 0 unspecified atom stereocenters. The first-order valence-electron chi connectivity index (χ1n) is 7.59. The Labute approximate surface area is 131 Å². The fourth-order valence-corrected chi connectivity index (χ4v) is 2.05. The van der Waals surface area contributed by atoms with E-state index in [2.05, 4.69) is 22.6 Å². The summed E-state index contributed by atoms with van der Waals surface area (Å²) in [6.07, 6.45) is 6.88. The molecule has 0 aromatic rings. The van der Waals surface area contributed by atoms with E-state index in [1.54, 1.807) is 0 Å². The number of carboxylic acid groups (broad SMARTS) is 2. The van der Waals surface area contributed by atoms with Crippen molar-refractivity contribution in [2.24, 2.45) is 0 Å². The second-order valence-electron chi connectivity index (χ2n) is 5.14. The molecule has 2 N–H and O–H groups in total. The Morgan fingerprint density at radius 2 is 0.909 bits per heavy atom. The molecule has 0 radical (unpaired) electrons. The van der Waals surface area contributed by atoms with Crippen LogP contribution in [0.2, 0.25) is 0 Å². The van der Waals surface area contributed by atoms with Crippen molar-refractivity contribution >= 4 is 12.3 Å². The molecule has 0 aliphatic heterocycles. The van der Waals surface area contributed by atoms with E-state index in [9.17, 15) is 9.59 Å². The monoisotopic (exact) mass is 314 g/mol. The van der Waals surface area contributed by atoms with Crippen molar-refractivity contribution in [3.63, 3.8) is 0 Å². The van der Waals surface area contributed by atoms with Gasteiger partial charge in [0.05, 0.1) is 0 Å². The van der Waals surface area contributed by atoms with Gasteiger partial charge in [-0.3, -0.25) is 0 Å². The second kappa shape index (κ2) is 12.7. The molecule has 0 aliphatic rings. The topological polar surface area (TPSA) is 93.1 Å². The molecule has 0 saturated heterocycles. The lowest BCUT2D eigenvalue weighted by Gasteiger charge is -2.05. The Morgan fingerprint density at radius 3 is 1.18 bits per heavy atom. The van der Waals surface area contributed by atoms with E-state index in [-0.39, 0.29) is 0 Å². The van der Waals surface area contributed by atoms with E-state index in [1.165, 1.54) is 0 Å². The highest BCUT2D eigenvalue weighted by Gasteiger charge is 2.02. The van der Waals surface area contributed by atoms with Gasteiger partial charge in [0.15, 0.2) is 0 Å². The van der Waals surface area contributed by atoms with Crippen molar-refractivity contribution in [3.05, 3.63) is 24.7 Å². The highest BCUT2D eigenvalue weighted by Crippen LogP contribution is 2.14.